The van der Waals surface area contributed by atoms with Crippen LogP contribution < -0.4 is 29.7 Å². The van der Waals surface area contributed by atoms with Gasteiger partial charge in [0, 0.05) is 18.9 Å². The summed E-state index contributed by atoms with van der Waals surface area (Å²) in [6, 6.07) is 6.04. The van der Waals surface area contributed by atoms with E-state index >= 15 is 0 Å². The number of amides is 1. The van der Waals surface area contributed by atoms with Gasteiger partial charge >= 0.3 is 12.1 Å². The first-order chi connectivity index (χ1) is 19.1. The highest BCUT2D eigenvalue weighted by Gasteiger charge is 2.30. The Bertz CT molecular complexity index is 1270. The lowest BCUT2D eigenvalue weighted by molar-refractivity contribution is -0.165. The van der Waals surface area contributed by atoms with Gasteiger partial charge in [-0.05, 0) is 60.1 Å². The van der Waals surface area contributed by atoms with Crippen LogP contribution in [-0.4, -0.2) is 46.8 Å². The van der Waals surface area contributed by atoms with Gasteiger partial charge in [-0.2, -0.15) is 0 Å². The topological polar surface area (TPSA) is 119 Å². The van der Waals surface area contributed by atoms with E-state index < -0.39 is 24.4 Å². The molecule has 2 atom stereocenters. The molecule has 0 aliphatic heterocycles. The number of rotatable bonds is 11. The van der Waals surface area contributed by atoms with E-state index in [2.05, 4.69) is 19.2 Å². The highest BCUT2D eigenvalue weighted by molar-refractivity contribution is 5.83. The summed E-state index contributed by atoms with van der Waals surface area (Å²) in [5.41, 5.74) is 2.45. The number of carbonyl (C=O) groups is 2. The Labute approximate surface area is 234 Å². The summed E-state index contributed by atoms with van der Waals surface area (Å²) in [7, 11) is 6.01. The molecule has 0 bridgehead atoms. The Morgan fingerprint density at radius 1 is 0.925 bits per heavy atom. The molecule has 1 amide bonds. The van der Waals surface area contributed by atoms with Gasteiger partial charge in [0.2, 0.25) is 17.5 Å². The zero-order valence-electron chi connectivity index (χ0n) is 24.3. The number of ether oxygens (including phenoxy) is 6. The van der Waals surface area contributed by atoms with E-state index in [-0.39, 0.29) is 17.6 Å². The summed E-state index contributed by atoms with van der Waals surface area (Å²) in [4.78, 5) is 38.0. The van der Waals surface area contributed by atoms with Crippen molar-refractivity contribution in [3.8, 4) is 34.1 Å². The SMILES string of the molecule is COc1cc2c(c(OC)c1OC)-c1ccc(OC)c(=O)cc1[C@@H](NC(=O)OC(C)OC(=O)CCCC(C)C)CC2. The van der Waals surface area contributed by atoms with E-state index in [1.807, 2.05) is 6.07 Å². The molecule has 10 heteroatoms. The number of esters is 1. The van der Waals surface area contributed by atoms with Crippen LogP contribution in [-0.2, 0) is 20.7 Å². The van der Waals surface area contributed by atoms with Crippen LogP contribution in [0.15, 0.2) is 29.1 Å². The molecule has 0 radical (unpaired) electrons. The number of nitrogens with one attached hydrogen (secondary N) is 1. The van der Waals surface area contributed by atoms with Gasteiger partial charge in [0.15, 0.2) is 17.2 Å². The molecular formula is C30H39NO9. The first kappa shape index (κ1) is 30.6. The molecule has 1 unspecified atom stereocenters. The largest absolute Gasteiger partial charge is 0.493 e. The molecule has 10 nitrogen and oxygen atoms in total. The molecule has 218 valence electrons. The Morgan fingerprint density at radius 2 is 1.62 bits per heavy atom. The lowest BCUT2D eigenvalue weighted by atomic mass is 9.95. The average molecular weight is 558 g/mol. The number of hydrogen-bond acceptors (Lipinski definition) is 9. The standard InChI is InChI=1S/C30H39NO9/c1-17(2)9-8-10-26(33)39-18(3)40-30(34)31-22-13-11-19-15-25(36-5)28(37-6)29(38-7)27(19)20-12-14-24(35-4)23(32)16-21(20)22/h12,14-18,22H,8-11,13H2,1-7H3,(H,31,34)/t18?,22-/m0/s1. The van der Waals surface area contributed by atoms with Crippen LogP contribution in [0.2, 0.25) is 0 Å². The smallest absolute Gasteiger partial charge is 0.410 e. The van der Waals surface area contributed by atoms with Crippen LogP contribution in [0.5, 0.6) is 23.0 Å². The number of carbonyl (C=O) groups excluding carboxylic acids is 2. The minimum absolute atomic E-state index is 0.147. The van der Waals surface area contributed by atoms with E-state index in [1.54, 1.807) is 19.2 Å². The third-order valence-corrected chi connectivity index (χ3v) is 6.75. The predicted molar refractivity (Wildman–Crippen MR) is 149 cm³/mol. The molecular weight excluding hydrogens is 518 g/mol. The minimum atomic E-state index is -1.08. The molecule has 40 heavy (non-hydrogen) atoms. The summed E-state index contributed by atoms with van der Waals surface area (Å²) < 4.78 is 32.8. The highest BCUT2D eigenvalue weighted by Crippen LogP contribution is 2.50. The quantitative estimate of drug-likeness (QED) is 0.295. The summed E-state index contributed by atoms with van der Waals surface area (Å²) in [6.45, 7) is 5.65. The van der Waals surface area contributed by atoms with Crippen molar-refractivity contribution in [2.45, 2.75) is 65.2 Å². The molecule has 2 aromatic rings. The molecule has 0 saturated carbocycles. The van der Waals surface area contributed by atoms with Crippen molar-refractivity contribution in [3.05, 3.63) is 45.6 Å². The fraction of sp³-hybridized carbons (Fsp3) is 0.500. The van der Waals surface area contributed by atoms with E-state index in [0.717, 1.165) is 12.0 Å². The van der Waals surface area contributed by atoms with E-state index in [1.165, 1.54) is 34.3 Å². The lowest BCUT2D eigenvalue weighted by Gasteiger charge is -2.21. The van der Waals surface area contributed by atoms with Gasteiger partial charge in [-0.25, -0.2) is 4.79 Å². The maximum absolute atomic E-state index is 13.0. The second-order valence-corrected chi connectivity index (χ2v) is 9.94. The highest BCUT2D eigenvalue weighted by atomic mass is 16.7. The second kappa shape index (κ2) is 13.9. The van der Waals surface area contributed by atoms with Crippen molar-refractivity contribution >= 4 is 12.1 Å². The molecule has 0 aromatic heterocycles. The van der Waals surface area contributed by atoms with Crippen molar-refractivity contribution in [2.75, 3.05) is 28.4 Å². The molecule has 2 aromatic carbocycles. The Balaban J connectivity index is 1.94. The Kier molecular flexibility index (Phi) is 10.6. The van der Waals surface area contributed by atoms with Gasteiger partial charge in [-0.1, -0.05) is 26.3 Å². The van der Waals surface area contributed by atoms with Gasteiger partial charge in [0.05, 0.1) is 34.5 Å². The molecule has 0 saturated heterocycles. The molecule has 0 spiro atoms. The second-order valence-electron chi connectivity index (χ2n) is 9.94. The van der Waals surface area contributed by atoms with E-state index in [4.69, 9.17) is 28.4 Å². The summed E-state index contributed by atoms with van der Waals surface area (Å²) in [5.74, 6) is 1.55. The molecule has 0 heterocycles. The van der Waals surface area contributed by atoms with Gasteiger partial charge < -0.3 is 33.7 Å². The maximum Gasteiger partial charge on any atom is 0.410 e. The van der Waals surface area contributed by atoms with Crippen LogP contribution in [0.3, 0.4) is 0 Å². The first-order valence-electron chi connectivity index (χ1n) is 13.3. The fourth-order valence-electron chi connectivity index (χ4n) is 4.87. The number of alkyl carbamates (subject to hydrolysis) is 1. The zero-order valence-corrected chi connectivity index (χ0v) is 24.3. The molecule has 0 fully saturated rings. The van der Waals surface area contributed by atoms with Crippen LogP contribution in [0, 0.1) is 5.92 Å². The van der Waals surface area contributed by atoms with E-state index in [0.29, 0.717) is 59.1 Å². The monoisotopic (exact) mass is 557 g/mol. The molecule has 1 aliphatic rings. The van der Waals surface area contributed by atoms with Gasteiger partial charge in [0.25, 0.3) is 0 Å². The zero-order chi connectivity index (χ0) is 29.4. The summed E-state index contributed by atoms with van der Waals surface area (Å²) in [5, 5.41) is 2.85. The number of fused-ring (bicyclic) bond motifs is 3. The number of aryl methyl sites for hydroxylation is 1. The third kappa shape index (κ3) is 7.16. The number of benzene rings is 1. The number of methoxy groups -OCH3 is 4. The van der Waals surface area contributed by atoms with Crippen LogP contribution >= 0.6 is 0 Å². The van der Waals surface area contributed by atoms with E-state index in [9.17, 15) is 14.4 Å². The third-order valence-electron chi connectivity index (χ3n) is 6.75. The summed E-state index contributed by atoms with van der Waals surface area (Å²) in [6.07, 6.45) is 0.944. The van der Waals surface area contributed by atoms with Crippen molar-refractivity contribution in [1.29, 1.82) is 0 Å². The van der Waals surface area contributed by atoms with Crippen molar-refractivity contribution in [2.24, 2.45) is 5.92 Å². The summed E-state index contributed by atoms with van der Waals surface area (Å²) >= 11 is 0. The van der Waals surface area contributed by atoms with Crippen LogP contribution in [0.25, 0.3) is 11.1 Å². The van der Waals surface area contributed by atoms with Crippen LogP contribution in [0.4, 0.5) is 4.79 Å². The van der Waals surface area contributed by atoms with Crippen molar-refractivity contribution in [3.63, 3.8) is 0 Å². The van der Waals surface area contributed by atoms with Gasteiger partial charge in [-0.3, -0.25) is 9.59 Å². The molecule has 3 rings (SSSR count). The van der Waals surface area contributed by atoms with Gasteiger partial charge in [0.1, 0.15) is 0 Å². The molecule has 1 N–H and O–H groups in total. The number of hydrogen-bond donors (Lipinski definition) is 1. The van der Waals surface area contributed by atoms with Crippen molar-refractivity contribution < 1.29 is 38.0 Å². The van der Waals surface area contributed by atoms with Crippen LogP contribution in [0.1, 0.15) is 63.6 Å². The average Bonchev–Trinajstić information content (AvgIpc) is 3.15. The normalized spacial score (nSPS) is 14.7. The lowest BCUT2D eigenvalue weighted by Crippen LogP contribution is -2.33. The molecule has 1 aliphatic carbocycles. The Hall–Kier alpha value is -3.95. The minimum Gasteiger partial charge on any atom is -0.493 e. The maximum atomic E-state index is 13.0. The first-order valence-corrected chi connectivity index (χ1v) is 13.3. The van der Waals surface area contributed by atoms with Crippen molar-refractivity contribution in [1.82, 2.24) is 5.32 Å². The Morgan fingerprint density at radius 3 is 2.25 bits per heavy atom. The van der Waals surface area contributed by atoms with Gasteiger partial charge in [-0.15, -0.1) is 0 Å². The fourth-order valence-corrected chi connectivity index (χ4v) is 4.87. The predicted octanol–water partition coefficient (Wildman–Crippen LogP) is 5.18.